The quantitative estimate of drug-likeness (QED) is 0.393. The smallest absolute Gasteiger partial charge is 0.194 e. The van der Waals surface area contributed by atoms with Gasteiger partial charge in [0.2, 0.25) is 0 Å². The molecular weight excluding hydrogens is 451 g/mol. The Morgan fingerprint density at radius 3 is 2.63 bits per heavy atom. The summed E-state index contributed by atoms with van der Waals surface area (Å²) >= 11 is 0. The van der Waals surface area contributed by atoms with Crippen molar-refractivity contribution in [3.05, 3.63) is 18.7 Å². The van der Waals surface area contributed by atoms with Crippen molar-refractivity contribution in [2.24, 2.45) is 16.8 Å². The fraction of sp³-hybridized carbons (Fsp3) is 0.800. The minimum Gasteiger partial charge on any atom is -0.357 e. The number of likely N-dealkylation sites (tertiary alicyclic amines) is 2. The van der Waals surface area contributed by atoms with Gasteiger partial charge in [-0.1, -0.05) is 13.8 Å². The molecule has 0 saturated carbocycles. The Labute approximate surface area is 181 Å². The lowest BCUT2D eigenvalue weighted by Crippen LogP contribution is -2.49. The van der Waals surface area contributed by atoms with Crippen LogP contribution < -0.4 is 5.32 Å². The summed E-state index contributed by atoms with van der Waals surface area (Å²) in [5, 5.41) is 3.51. The van der Waals surface area contributed by atoms with Crippen LogP contribution in [0.5, 0.6) is 0 Å². The molecule has 2 atom stereocenters. The SMILES string of the molecule is CCNC(=NCCN1CCC(C)CC1)N1CCC(C)C(n2ccnc2)C1.I. The van der Waals surface area contributed by atoms with Crippen LogP contribution in [0.25, 0.3) is 0 Å². The largest absolute Gasteiger partial charge is 0.357 e. The maximum absolute atomic E-state index is 4.96. The number of piperidine rings is 2. The van der Waals surface area contributed by atoms with Crippen molar-refractivity contribution in [2.75, 3.05) is 45.8 Å². The molecule has 1 aromatic rings. The fourth-order valence-electron chi connectivity index (χ4n) is 4.10. The zero-order valence-corrected chi connectivity index (χ0v) is 19.5. The number of halogens is 1. The lowest BCUT2D eigenvalue weighted by molar-refractivity contribution is 0.186. The molecule has 2 unspecified atom stereocenters. The third-order valence-electron chi connectivity index (χ3n) is 6.01. The number of aromatic nitrogens is 2. The third kappa shape index (κ3) is 6.34. The Kier molecular flexibility index (Phi) is 9.35. The van der Waals surface area contributed by atoms with Crippen LogP contribution in [0, 0.1) is 11.8 Å². The van der Waals surface area contributed by atoms with Crippen LogP contribution in [-0.4, -0.2) is 71.1 Å². The number of nitrogens with one attached hydrogen (secondary N) is 1. The first-order chi connectivity index (χ1) is 12.7. The molecule has 0 bridgehead atoms. The van der Waals surface area contributed by atoms with Crippen molar-refractivity contribution in [1.29, 1.82) is 0 Å². The van der Waals surface area contributed by atoms with E-state index in [-0.39, 0.29) is 24.0 Å². The molecule has 3 rings (SSSR count). The Morgan fingerprint density at radius 2 is 1.96 bits per heavy atom. The van der Waals surface area contributed by atoms with Gasteiger partial charge in [-0.15, -0.1) is 24.0 Å². The van der Waals surface area contributed by atoms with Crippen LogP contribution in [0.4, 0.5) is 0 Å². The fourth-order valence-corrected chi connectivity index (χ4v) is 4.10. The van der Waals surface area contributed by atoms with Gasteiger partial charge in [0.1, 0.15) is 0 Å². The van der Waals surface area contributed by atoms with E-state index in [4.69, 9.17) is 4.99 Å². The molecule has 1 aromatic heterocycles. The molecule has 2 saturated heterocycles. The normalized spacial score (nSPS) is 25.3. The standard InChI is InChI=1S/C20H36N6.HI/c1-4-22-20(23-9-13-24-10-5-17(2)6-11-24)25-12-7-18(3)19(15-25)26-14-8-21-16-26;/h8,14,16-19H,4-7,9-13,15H2,1-3H3,(H,22,23);1H. The van der Waals surface area contributed by atoms with E-state index in [0.717, 1.165) is 44.6 Å². The van der Waals surface area contributed by atoms with E-state index in [1.807, 2.05) is 12.5 Å². The molecule has 0 amide bonds. The van der Waals surface area contributed by atoms with Crippen molar-refractivity contribution in [3.8, 4) is 0 Å². The summed E-state index contributed by atoms with van der Waals surface area (Å²) in [5.74, 6) is 2.64. The summed E-state index contributed by atoms with van der Waals surface area (Å²) in [5.41, 5.74) is 0. The summed E-state index contributed by atoms with van der Waals surface area (Å²) in [4.78, 5) is 14.2. The summed E-state index contributed by atoms with van der Waals surface area (Å²) in [6.45, 7) is 14.3. The molecule has 154 valence electrons. The molecule has 6 nitrogen and oxygen atoms in total. The predicted molar refractivity (Wildman–Crippen MR) is 123 cm³/mol. The minimum atomic E-state index is 0. The second-order valence-corrected chi connectivity index (χ2v) is 8.05. The summed E-state index contributed by atoms with van der Waals surface area (Å²) in [7, 11) is 0. The molecular formula is C20H37IN6. The average molecular weight is 488 g/mol. The molecule has 27 heavy (non-hydrogen) atoms. The lowest BCUT2D eigenvalue weighted by Gasteiger charge is -2.39. The highest BCUT2D eigenvalue weighted by molar-refractivity contribution is 14.0. The highest BCUT2D eigenvalue weighted by atomic mass is 127. The van der Waals surface area contributed by atoms with E-state index < -0.39 is 0 Å². The number of nitrogens with zero attached hydrogens (tertiary/aromatic N) is 5. The molecule has 2 aliphatic rings. The first kappa shape index (κ1) is 22.5. The molecule has 0 aromatic carbocycles. The molecule has 3 heterocycles. The highest BCUT2D eigenvalue weighted by Gasteiger charge is 2.28. The van der Waals surface area contributed by atoms with Crippen LogP contribution in [-0.2, 0) is 0 Å². The highest BCUT2D eigenvalue weighted by Crippen LogP contribution is 2.27. The van der Waals surface area contributed by atoms with Gasteiger partial charge in [0.05, 0.1) is 18.9 Å². The molecule has 7 heteroatoms. The van der Waals surface area contributed by atoms with Crippen LogP contribution in [0.2, 0.25) is 0 Å². The molecule has 2 fully saturated rings. The van der Waals surface area contributed by atoms with Gasteiger partial charge in [0.25, 0.3) is 0 Å². The lowest BCUT2D eigenvalue weighted by atomic mass is 9.93. The number of imidazole rings is 1. The molecule has 0 aliphatic carbocycles. The van der Waals surface area contributed by atoms with Crippen molar-refractivity contribution in [1.82, 2.24) is 24.7 Å². The van der Waals surface area contributed by atoms with Crippen molar-refractivity contribution < 1.29 is 0 Å². The van der Waals surface area contributed by atoms with Gasteiger partial charge in [0, 0.05) is 38.6 Å². The Morgan fingerprint density at radius 1 is 1.19 bits per heavy atom. The zero-order valence-electron chi connectivity index (χ0n) is 17.2. The van der Waals surface area contributed by atoms with Crippen molar-refractivity contribution in [2.45, 2.75) is 46.1 Å². The summed E-state index contributed by atoms with van der Waals surface area (Å²) in [6.07, 6.45) is 9.78. The van der Waals surface area contributed by atoms with Gasteiger partial charge in [-0.3, -0.25) is 4.99 Å². The van der Waals surface area contributed by atoms with Gasteiger partial charge in [0.15, 0.2) is 5.96 Å². The first-order valence-corrected chi connectivity index (χ1v) is 10.4. The average Bonchev–Trinajstić information content (AvgIpc) is 3.17. The van der Waals surface area contributed by atoms with Crippen LogP contribution in [0.15, 0.2) is 23.7 Å². The van der Waals surface area contributed by atoms with E-state index >= 15 is 0 Å². The minimum absolute atomic E-state index is 0. The number of aliphatic imine (C=N–C) groups is 1. The predicted octanol–water partition coefficient (Wildman–Crippen LogP) is 3.08. The van der Waals surface area contributed by atoms with Crippen LogP contribution >= 0.6 is 24.0 Å². The first-order valence-electron chi connectivity index (χ1n) is 10.4. The molecule has 1 N–H and O–H groups in total. The van der Waals surface area contributed by atoms with Gasteiger partial charge < -0.3 is 19.7 Å². The Bertz CT molecular complexity index is 553. The number of hydrogen-bond donors (Lipinski definition) is 1. The van der Waals surface area contributed by atoms with Crippen molar-refractivity contribution >= 4 is 29.9 Å². The zero-order chi connectivity index (χ0) is 18.4. The Balaban J connectivity index is 0.00000261. The van der Waals surface area contributed by atoms with Gasteiger partial charge in [-0.25, -0.2) is 4.98 Å². The molecule has 0 spiro atoms. The molecule has 0 radical (unpaired) electrons. The van der Waals surface area contributed by atoms with E-state index in [1.54, 1.807) is 0 Å². The maximum atomic E-state index is 4.96. The number of rotatable bonds is 5. The van der Waals surface area contributed by atoms with E-state index in [1.165, 1.54) is 32.4 Å². The van der Waals surface area contributed by atoms with Gasteiger partial charge in [-0.05, 0) is 51.1 Å². The summed E-state index contributed by atoms with van der Waals surface area (Å²) in [6, 6.07) is 0.471. The van der Waals surface area contributed by atoms with Crippen LogP contribution in [0.1, 0.15) is 46.1 Å². The maximum Gasteiger partial charge on any atom is 0.194 e. The van der Waals surface area contributed by atoms with Crippen molar-refractivity contribution in [3.63, 3.8) is 0 Å². The monoisotopic (exact) mass is 488 g/mol. The molecule has 2 aliphatic heterocycles. The third-order valence-corrected chi connectivity index (χ3v) is 6.01. The topological polar surface area (TPSA) is 48.7 Å². The second kappa shape index (κ2) is 11.2. The van der Waals surface area contributed by atoms with E-state index in [2.05, 4.69) is 51.6 Å². The van der Waals surface area contributed by atoms with Crippen LogP contribution in [0.3, 0.4) is 0 Å². The second-order valence-electron chi connectivity index (χ2n) is 8.05. The number of guanidine groups is 1. The Hall–Kier alpha value is -0.830. The van der Waals surface area contributed by atoms with Gasteiger partial charge >= 0.3 is 0 Å². The number of hydrogen-bond acceptors (Lipinski definition) is 3. The van der Waals surface area contributed by atoms with E-state index in [0.29, 0.717) is 12.0 Å². The van der Waals surface area contributed by atoms with Gasteiger partial charge in [-0.2, -0.15) is 0 Å². The van der Waals surface area contributed by atoms with E-state index in [9.17, 15) is 0 Å². The summed E-state index contributed by atoms with van der Waals surface area (Å²) < 4.78 is 2.26.